The van der Waals surface area contributed by atoms with Crippen LogP contribution in [0.4, 0.5) is 5.69 Å². The van der Waals surface area contributed by atoms with Crippen LogP contribution in [0, 0.1) is 5.92 Å². The fraction of sp³-hybridized carbons (Fsp3) is 0.529. The number of rotatable bonds is 6. The van der Waals surface area contributed by atoms with Crippen molar-refractivity contribution in [1.29, 1.82) is 0 Å². The van der Waals surface area contributed by atoms with E-state index in [9.17, 15) is 9.59 Å². The van der Waals surface area contributed by atoms with Gasteiger partial charge in [-0.25, -0.2) is 0 Å². The summed E-state index contributed by atoms with van der Waals surface area (Å²) in [4.78, 5) is 24.2. The molecule has 2 rings (SSSR count). The summed E-state index contributed by atoms with van der Waals surface area (Å²) in [5.41, 5.74) is 0.752. The maximum absolute atomic E-state index is 12.5. The Labute approximate surface area is 131 Å². The molecule has 0 saturated carbocycles. The molecule has 1 N–H and O–H groups in total. The van der Waals surface area contributed by atoms with Gasteiger partial charge in [-0.05, 0) is 31.9 Å². The summed E-state index contributed by atoms with van der Waals surface area (Å²) >= 11 is 0. The quantitative estimate of drug-likeness (QED) is 0.821. The highest BCUT2D eigenvalue weighted by Crippen LogP contribution is 2.31. The Morgan fingerprint density at radius 2 is 2.00 bits per heavy atom. The Hall–Kier alpha value is -1.88. The zero-order valence-electron chi connectivity index (χ0n) is 13.1. The molecule has 1 saturated heterocycles. The van der Waals surface area contributed by atoms with Gasteiger partial charge in [0.05, 0.1) is 31.2 Å². The zero-order valence-corrected chi connectivity index (χ0v) is 13.1. The van der Waals surface area contributed by atoms with Crippen molar-refractivity contribution in [2.75, 3.05) is 11.9 Å². The first-order valence-corrected chi connectivity index (χ1v) is 7.81. The Balaban J connectivity index is 2.01. The Morgan fingerprint density at radius 3 is 2.64 bits per heavy atom. The molecular formula is C17H23NO4. The van der Waals surface area contributed by atoms with Crippen molar-refractivity contribution < 1.29 is 19.1 Å². The average Bonchev–Trinajstić information content (AvgIpc) is 2.91. The maximum Gasteiger partial charge on any atom is 0.308 e. The highest BCUT2D eigenvalue weighted by Gasteiger charge is 2.40. The van der Waals surface area contributed by atoms with Gasteiger partial charge in [-0.2, -0.15) is 0 Å². The first-order valence-electron chi connectivity index (χ1n) is 7.81. The van der Waals surface area contributed by atoms with Crippen molar-refractivity contribution >= 4 is 17.6 Å². The summed E-state index contributed by atoms with van der Waals surface area (Å²) in [7, 11) is 0. The molecule has 22 heavy (non-hydrogen) atoms. The molecule has 0 aromatic heterocycles. The van der Waals surface area contributed by atoms with E-state index < -0.39 is 6.10 Å². The van der Waals surface area contributed by atoms with Gasteiger partial charge in [0, 0.05) is 5.69 Å². The van der Waals surface area contributed by atoms with Crippen LogP contribution in [-0.4, -0.2) is 30.7 Å². The molecular weight excluding hydrogens is 282 g/mol. The molecule has 1 aliphatic rings. The van der Waals surface area contributed by atoms with Crippen LogP contribution in [0.15, 0.2) is 30.3 Å². The molecule has 0 unspecified atom stereocenters. The normalized spacial score (nSPS) is 24.0. The number of ether oxygens (including phenoxy) is 2. The van der Waals surface area contributed by atoms with E-state index in [0.717, 1.165) is 12.1 Å². The van der Waals surface area contributed by atoms with Gasteiger partial charge in [-0.1, -0.05) is 25.1 Å². The van der Waals surface area contributed by atoms with Crippen molar-refractivity contribution in [2.45, 2.75) is 45.3 Å². The van der Waals surface area contributed by atoms with Gasteiger partial charge in [0.25, 0.3) is 0 Å². The molecule has 1 amide bonds. The minimum absolute atomic E-state index is 0.0194. The molecule has 1 fully saturated rings. The number of amides is 1. The fourth-order valence-corrected chi connectivity index (χ4v) is 2.70. The number of nitrogens with one attached hydrogen (secondary N) is 1. The second-order valence-electron chi connectivity index (χ2n) is 5.41. The lowest BCUT2D eigenvalue weighted by atomic mass is 9.95. The second kappa shape index (κ2) is 7.94. The number of hydrogen-bond acceptors (Lipinski definition) is 4. The Bertz CT molecular complexity index is 503. The SMILES string of the molecule is CCOC(=O)C[C@@H]1O[C@H](CC)C[C@H]1C(=O)Nc1ccccc1. The van der Waals surface area contributed by atoms with Crippen LogP contribution in [0.5, 0.6) is 0 Å². The van der Waals surface area contributed by atoms with Gasteiger partial charge in [0.15, 0.2) is 0 Å². The molecule has 1 aromatic carbocycles. The highest BCUT2D eigenvalue weighted by atomic mass is 16.5. The monoisotopic (exact) mass is 305 g/mol. The maximum atomic E-state index is 12.5. The van der Waals surface area contributed by atoms with Crippen molar-refractivity contribution in [3.05, 3.63) is 30.3 Å². The summed E-state index contributed by atoms with van der Waals surface area (Å²) in [6, 6.07) is 9.30. The molecule has 3 atom stereocenters. The van der Waals surface area contributed by atoms with Crippen molar-refractivity contribution in [3.8, 4) is 0 Å². The lowest BCUT2D eigenvalue weighted by Gasteiger charge is -2.17. The molecule has 0 bridgehead atoms. The predicted octanol–water partition coefficient (Wildman–Crippen LogP) is 2.76. The molecule has 120 valence electrons. The fourth-order valence-electron chi connectivity index (χ4n) is 2.70. The summed E-state index contributed by atoms with van der Waals surface area (Å²) in [5.74, 6) is -0.743. The zero-order chi connectivity index (χ0) is 15.9. The van der Waals surface area contributed by atoms with Crippen LogP contribution in [0.25, 0.3) is 0 Å². The predicted molar refractivity (Wildman–Crippen MR) is 83.4 cm³/mol. The van der Waals surface area contributed by atoms with Gasteiger partial charge in [0.2, 0.25) is 5.91 Å². The number of anilines is 1. The van der Waals surface area contributed by atoms with E-state index >= 15 is 0 Å². The number of benzene rings is 1. The molecule has 0 spiro atoms. The number of hydrogen-bond donors (Lipinski definition) is 1. The Kier molecular flexibility index (Phi) is 5.95. The van der Waals surface area contributed by atoms with Gasteiger partial charge < -0.3 is 14.8 Å². The molecule has 1 aliphatic heterocycles. The number of carbonyl (C=O) groups is 2. The van der Waals surface area contributed by atoms with Crippen molar-refractivity contribution in [1.82, 2.24) is 0 Å². The molecule has 0 radical (unpaired) electrons. The molecule has 5 nitrogen and oxygen atoms in total. The van der Waals surface area contributed by atoms with Crippen LogP contribution >= 0.6 is 0 Å². The Morgan fingerprint density at radius 1 is 1.27 bits per heavy atom. The largest absolute Gasteiger partial charge is 0.466 e. The van der Waals surface area contributed by atoms with Crippen LogP contribution in [0.3, 0.4) is 0 Å². The molecule has 1 aromatic rings. The van der Waals surface area contributed by atoms with Crippen LogP contribution in [0.1, 0.15) is 33.1 Å². The van der Waals surface area contributed by atoms with Crippen molar-refractivity contribution in [2.24, 2.45) is 5.92 Å². The van der Waals surface area contributed by atoms with Gasteiger partial charge >= 0.3 is 5.97 Å². The van der Waals surface area contributed by atoms with Crippen LogP contribution in [-0.2, 0) is 19.1 Å². The summed E-state index contributed by atoms with van der Waals surface area (Å²) < 4.78 is 10.8. The third kappa shape index (κ3) is 4.31. The minimum Gasteiger partial charge on any atom is -0.466 e. The first-order chi connectivity index (χ1) is 10.6. The van der Waals surface area contributed by atoms with Gasteiger partial charge in [0.1, 0.15) is 0 Å². The summed E-state index contributed by atoms with van der Waals surface area (Å²) in [5, 5.41) is 2.89. The van der Waals surface area contributed by atoms with E-state index in [1.54, 1.807) is 6.92 Å². The lowest BCUT2D eigenvalue weighted by molar-refractivity contribution is -0.146. The second-order valence-corrected chi connectivity index (χ2v) is 5.41. The average molecular weight is 305 g/mol. The van der Waals surface area contributed by atoms with E-state index in [1.165, 1.54) is 0 Å². The third-order valence-corrected chi connectivity index (χ3v) is 3.84. The number of carbonyl (C=O) groups excluding carboxylic acids is 2. The smallest absolute Gasteiger partial charge is 0.308 e. The minimum atomic E-state index is -0.410. The number of para-hydroxylation sites is 1. The third-order valence-electron chi connectivity index (χ3n) is 3.84. The van der Waals surface area contributed by atoms with Crippen LogP contribution in [0.2, 0.25) is 0 Å². The topological polar surface area (TPSA) is 64.6 Å². The lowest BCUT2D eigenvalue weighted by Crippen LogP contribution is -2.31. The van der Waals surface area contributed by atoms with Crippen molar-refractivity contribution in [3.63, 3.8) is 0 Å². The van der Waals surface area contributed by atoms with Crippen LogP contribution < -0.4 is 5.32 Å². The summed E-state index contributed by atoms with van der Waals surface area (Å²) in [6.45, 7) is 4.12. The van der Waals surface area contributed by atoms with E-state index in [-0.39, 0.29) is 30.3 Å². The molecule has 0 aliphatic carbocycles. The van der Waals surface area contributed by atoms with E-state index in [1.807, 2.05) is 37.3 Å². The van der Waals surface area contributed by atoms with Gasteiger partial charge in [-0.15, -0.1) is 0 Å². The summed E-state index contributed by atoms with van der Waals surface area (Å²) in [6.07, 6.45) is 1.20. The standard InChI is InChI=1S/C17H23NO4/c1-3-13-10-14(15(22-13)11-16(19)21-4-2)17(20)18-12-8-6-5-7-9-12/h5-9,13-15H,3-4,10-11H2,1-2H3,(H,18,20)/t13-,14-,15+/m1/s1. The first kappa shape index (κ1) is 16.5. The molecule has 1 heterocycles. The number of esters is 1. The van der Waals surface area contributed by atoms with Gasteiger partial charge in [-0.3, -0.25) is 9.59 Å². The van der Waals surface area contributed by atoms with E-state index in [2.05, 4.69) is 5.32 Å². The van der Waals surface area contributed by atoms with E-state index in [4.69, 9.17) is 9.47 Å². The van der Waals surface area contributed by atoms with E-state index in [0.29, 0.717) is 13.0 Å². The highest BCUT2D eigenvalue weighted by molar-refractivity contribution is 5.93. The molecule has 5 heteroatoms.